The Labute approximate surface area is 175 Å². The fourth-order valence-electron chi connectivity index (χ4n) is 2.93. The molecule has 0 bridgehead atoms. The van der Waals surface area contributed by atoms with Crippen LogP contribution < -0.4 is 10.6 Å². The number of thiazole rings is 1. The molecule has 1 saturated heterocycles. The number of rotatable bonds is 5. The van der Waals surface area contributed by atoms with Gasteiger partial charge in [-0.05, 0) is 45.4 Å². The Morgan fingerprint density at radius 1 is 1.38 bits per heavy atom. The molecule has 8 heteroatoms. The van der Waals surface area contributed by atoms with Crippen molar-refractivity contribution in [2.45, 2.75) is 49.4 Å². The summed E-state index contributed by atoms with van der Waals surface area (Å²) in [4.78, 5) is 18.2. The van der Waals surface area contributed by atoms with E-state index >= 15 is 0 Å². The topological polar surface area (TPSA) is 54.0 Å². The highest BCUT2D eigenvalue weighted by atomic mass is 35.5. The van der Waals surface area contributed by atoms with Gasteiger partial charge in [0.15, 0.2) is 0 Å². The van der Waals surface area contributed by atoms with Gasteiger partial charge in [0.1, 0.15) is 0 Å². The lowest BCUT2D eigenvalue weighted by molar-refractivity contribution is 0.0922. The summed E-state index contributed by atoms with van der Waals surface area (Å²) in [7, 11) is 0. The molecular formula is C18H25Cl2N3OS2. The van der Waals surface area contributed by atoms with E-state index in [-0.39, 0.29) is 36.8 Å². The Morgan fingerprint density at radius 2 is 2.15 bits per heavy atom. The molecular weight excluding hydrogens is 409 g/mol. The van der Waals surface area contributed by atoms with Crippen molar-refractivity contribution < 1.29 is 4.79 Å². The quantitative estimate of drug-likeness (QED) is 0.683. The Kier molecular flexibility index (Phi) is 9.97. The van der Waals surface area contributed by atoms with Crippen molar-refractivity contribution in [3.8, 4) is 0 Å². The molecule has 2 N–H and O–H groups in total. The number of halogens is 2. The molecule has 0 saturated carbocycles. The van der Waals surface area contributed by atoms with Gasteiger partial charge in [0.25, 0.3) is 5.91 Å². The van der Waals surface area contributed by atoms with E-state index in [0.717, 1.165) is 46.3 Å². The zero-order valence-corrected chi connectivity index (χ0v) is 18.1. The number of nitrogens with zero attached hydrogens (tertiary/aromatic N) is 1. The minimum Gasteiger partial charge on any atom is -0.349 e. The van der Waals surface area contributed by atoms with E-state index < -0.39 is 0 Å². The Hall–Kier alpha value is -0.790. The first-order chi connectivity index (χ1) is 11.6. The van der Waals surface area contributed by atoms with E-state index in [1.54, 1.807) is 23.1 Å². The van der Waals surface area contributed by atoms with Gasteiger partial charge in [0.05, 0.1) is 16.3 Å². The van der Waals surface area contributed by atoms with Crippen LogP contribution in [0.25, 0.3) is 0 Å². The number of hydrogen-bond acceptors (Lipinski definition) is 5. The second-order valence-electron chi connectivity index (χ2n) is 6.19. The predicted molar refractivity (Wildman–Crippen MR) is 115 cm³/mol. The van der Waals surface area contributed by atoms with Crippen molar-refractivity contribution in [2.75, 3.05) is 6.54 Å². The number of aromatic nitrogens is 1. The second kappa shape index (κ2) is 11.1. The summed E-state index contributed by atoms with van der Waals surface area (Å²) < 4.78 is 0. The Balaban J connectivity index is 0.00000169. The third kappa shape index (κ3) is 6.43. The molecule has 2 atom stereocenters. The Morgan fingerprint density at radius 3 is 2.85 bits per heavy atom. The maximum atomic E-state index is 12.7. The van der Waals surface area contributed by atoms with Crippen molar-refractivity contribution in [3.05, 3.63) is 45.9 Å². The number of thioether (sulfide) groups is 1. The molecule has 0 aliphatic carbocycles. The van der Waals surface area contributed by atoms with Gasteiger partial charge in [0.2, 0.25) is 0 Å². The van der Waals surface area contributed by atoms with E-state index in [2.05, 4.69) is 27.9 Å². The van der Waals surface area contributed by atoms with E-state index in [4.69, 9.17) is 0 Å². The average molecular weight is 434 g/mol. The van der Waals surface area contributed by atoms with Crippen LogP contribution in [0.2, 0.25) is 0 Å². The van der Waals surface area contributed by atoms with Crippen molar-refractivity contribution in [1.29, 1.82) is 0 Å². The normalized spacial score (nSPS) is 19.2. The third-order valence-electron chi connectivity index (χ3n) is 4.13. The van der Waals surface area contributed by atoms with E-state index in [1.807, 2.05) is 31.2 Å². The number of aryl methyl sites for hydroxylation is 1. The van der Waals surface area contributed by atoms with Crippen LogP contribution in [0.15, 0.2) is 34.5 Å². The molecule has 144 valence electrons. The van der Waals surface area contributed by atoms with Crippen molar-refractivity contribution >= 4 is 53.8 Å². The lowest BCUT2D eigenvalue weighted by Crippen LogP contribution is -2.46. The van der Waals surface area contributed by atoms with Crippen molar-refractivity contribution in [3.63, 3.8) is 0 Å². The largest absolute Gasteiger partial charge is 0.349 e. The van der Waals surface area contributed by atoms with Crippen LogP contribution >= 0.6 is 47.9 Å². The first-order valence-corrected chi connectivity index (χ1v) is 10.2. The highest BCUT2D eigenvalue weighted by molar-refractivity contribution is 7.98. The summed E-state index contributed by atoms with van der Waals surface area (Å²) in [6, 6.07) is 8.56. The van der Waals surface area contributed by atoms with Crippen LogP contribution in [0.1, 0.15) is 40.8 Å². The number of piperidine rings is 1. The molecule has 1 aliphatic rings. The molecule has 1 aromatic carbocycles. The SMILES string of the molecule is Cc1nc(CSc2ccccc2C(=O)NC2CCNC(C)C2)cs1.Cl.Cl. The summed E-state index contributed by atoms with van der Waals surface area (Å²) in [5, 5.41) is 9.78. The summed E-state index contributed by atoms with van der Waals surface area (Å²) in [6.45, 7) is 5.14. The molecule has 0 spiro atoms. The lowest BCUT2D eigenvalue weighted by atomic mass is 10.0. The molecule has 2 unspecified atom stereocenters. The predicted octanol–water partition coefficient (Wildman–Crippen LogP) is 4.46. The first kappa shape index (κ1) is 23.2. The van der Waals surface area contributed by atoms with E-state index in [9.17, 15) is 4.79 Å². The number of carbonyl (C=O) groups excluding carboxylic acids is 1. The van der Waals surface area contributed by atoms with Gasteiger partial charge in [-0.1, -0.05) is 12.1 Å². The minimum atomic E-state index is 0. The van der Waals surface area contributed by atoms with Crippen LogP contribution in [-0.4, -0.2) is 29.5 Å². The number of benzene rings is 1. The van der Waals surface area contributed by atoms with Crippen molar-refractivity contribution in [2.24, 2.45) is 0 Å². The van der Waals surface area contributed by atoms with Gasteiger partial charge in [-0.15, -0.1) is 47.9 Å². The summed E-state index contributed by atoms with van der Waals surface area (Å²) in [6.07, 6.45) is 1.97. The number of nitrogens with one attached hydrogen (secondary N) is 2. The maximum Gasteiger partial charge on any atom is 0.252 e. The highest BCUT2D eigenvalue weighted by Crippen LogP contribution is 2.27. The average Bonchev–Trinajstić information content (AvgIpc) is 2.99. The monoisotopic (exact) mass is 433 g/mol. The number of carbonyl (C=O) groups is 1. The Bertz CT molecular complexity index is 711. The van der Waals surface area contributed by atoms with Crippen LogP contribution in [0.3, 0.4) is 0 Å². The highest BCUT2D eigenvalue weighted by Gasteiger charge is 2.21. The van der Waals surface area contributed by atoms with E-state index in [1.165, 1.54) is 0 Å². The molecule has 1 amide bonds. The van der Waals surface area contributed by atoms with Gasteiger partial charge in [-0.2, -0.15) is 0 Å². The molecule has 1 fully saturated rings. The van der Waals surface area contributed by atoms with Gasteiger partial charge >= 0.3 is 0 Å². The van der Waals surface area contributed by atoms with Crippen LogP contribution in [-0.2, 0) is 5.75 Å². The molecule has 2 aromatic rings. The third-order valence-corrected chi connectivity index (χ3v) is 6.06. The first-order valence-electron chi connectivity index (χ1n) is 8.29. The van der Waals surface area contributed by atoms with Crippen molar-refractivity contribution in [1.82, 2.24) is 15.6 Å². The van der Waals surface area contributed by atoms with Gasteiger partial charge in [0, 0.05) is 28.1 Å². The van der Waals surface area contributed by atoms with Crippen LogP contribution in [0, 0.1) is 6.92 Å². The lowest BCUT2D eigenvalue weighted by Gasteiger charge is -2.28. The summed E-state index contributed by atoms with van der Waals surface area (Å²) >= 11 is 3.34. The molecule has 1 aromatic heterocycles. The fraction of sp³-hybridized carbons (Fsp3) is 0.444. The summed E-state index contributed by atoms with van der Waals surface area (Å²) in [5.41, 5.74) is 1.84. The molecule has 26 heavy (non-hydrogen) atoms. The second-order valence-corrected chi connectivity index (χ2v) is 8.27. The minimum absolute atomic E-state index is 0. The zero-order valence-electron chi connectivity index (χ0n) is 14.9. The van der Waals surface area contributed by atoms with E-state index in [0.29, 0.717) is 6.04 Å². The summed E-state index contributed by atoms with van der Waals surface area (Å²) in [5.74, 6) is 0.825. The number of hydrogen-bond donors (Lipinski definition) is 2. The smallest absolute Gasteiger partial charge is 0.252 e. The van der Waals surface area contributed by atoms with Gasteiger partial charge < -0.3 is 10.6 Å². The molecule has 2 heterocycles. The molecule has 1 aliphatic heterocycles. The standard InChI is InChI=1S/C18H23N3OS2.2ClH/c1-12-9-14(7-8-19-12)21-18(22)16-5-3-4-6-17(16)24-11-15-10-23-13(2)20-15;;/h3-6,10,12,14,19H,7-9,11H2,1-2H3,(H,21,22);2*1H. The van der Waals surface area contributed by atoms with Gasteiger partial charge in [-0.3, -0.25) is 4.79 Å². The zero-order chi connectivity index (χ0) is 16.9. The van der Waals surface area contributed by atoms with Crippen LogP contribution in [0.5, 0.6) is 0 Å². The van der Waals surface area contributed by atoms with Crippen LogP contribution in [0.4, 0.5) is 0 Å². The maximum absolute atomic E-state index is 12.7. The molecule has 0 radical (unpaired) electrons. The van der Waals surface area contributed by atoms with Gasteiger partial charge in [-0.25, -0.2) is 4.98 Å². The fourth-order valence-corrected chi connectivity index (χ4v) is 4.59. The molecule has 3 rings (SSSR count). The molecule has 4 nitrogen and oxygen atoms in total. The number of amides is 1.